The van der Waals surface area contributed by atoms with Crippen LogP contribution in [0.2, 0.25) is 0 Å². The van der Waals surface area contributed by atoms with Crippen molar-refractivity contribution in [2.45, 2.75) is 19.3 Å². The summed E-state index contributed by atoms with van der Waals surface area (Å²) in [6, 6.07) is 0. The summed E-state index contributed by atoms with van der Waals surface area (Å²) in [5.41, 5.74) is 0. The SMILES string of the molecule is COC1=C[CH]CC=C1OCCN1CCCC1. The molecule has 0 aromatic heterocycles. The van der Waals surface area contributed by atoms with Gasteiger partial charge in [0.25, 0.3) is 0 Å². The van der Waals surface area contributed by atoms with Crippen LogP contribution in [0.25, 0.3) is 0 Å². The van der Waals surface area contributed by atoms with Gasteiger partial charge < -0.3 is 9.47 Å². The van der Waals surface area contributed by atoms with Crippen LogP contribution in [0.15, 0.2) is 23.7 Å². The number of nitrogens with zero attached hydrogens (tertiary/aromatic N) is 1. The van der Waals surface area contributed by atoms with Crippen molar-refractivity contribution in [2.24, 2.45) is 0 Å². The number of methoxy groups -OCH3 is 1. The van der Waals surface area contributed by atoms with E-state index in [-0.39, 0.29) is 0 Å². The minimum absolute atomic E-state index is 0.756. The highest BCUT2D eigenvalue weighted by Crippen LogP contribution is 2.19. The van der Waals surface area contributed by atoms with Gasteiger partial charge in [0.2, 0.25) is 0 Å². The number of likely N-dealkylation sites (tertiary alicyclic amines) is 1. The molecule has 0 N–H and O–H groups in total. The van der Waals surface area contributed by atoms with Crippen molar-refractivity contribution in [3.8, 4) is 0 Å². The summed E-state index contributed by atoms with van der Waals surface area (Å²) in [5.74, 6) is 1.73. The summed E-state index contributed by atoms with van der Waals surface area (Å²) in [6.07, 6.45) is 9.73. The maximum Gasteiger partial charge on any atom is 0.156 e. The van der Waals surface area contributed by atoms with Crippen LogP contribution in [-0.2, 0) is 9.47 Å². The second-order valence-electron chi connectivity index (χ2n) is 4.17. The Morgan fingerprint density at radius 1 is 1.25 bits per heavy atom. The monoisotopic (exact) mass is 222 g/mol. The van der Waals surface area contributed by atoms with Crippen molar-refractivity contribution < 1.29 is 9.47 Å². The lowest BCUT2D eigenvalue weighted by molar-refractivity contribution is 0.149. The Bertz CT molecular complexity index is 278. The first-order chi connectivity index (χ1) is 7.90. The first-order valence-electron chi connectivity index (χ1n) is 6.03. The highest BCUT2D eigenvalue weighted by molar-refractivity contribution is 5.28. The number of hydrogen-bond donors (Lipinski definition) is 0. The third-order valence-electron chi connectivity index (χ3n) is 3.04. The van der Waals surface area contributed by atoms with Gasteiger partial charge in [0.1, 0.15) is 6.61 Å². The van der Waals surface area contributed by atoms with Gasteiger partial charge in [0.05, 0.1) is 7.11 Å². The molecule has 0 aromatic rings. The molecule has 89 valence electrons. The van der Waals surface area contributed by atoms with E-state index in [1.54, 1.807) is 7.11 Å². The summed E-state index contributed by atoms with van der Waals surface area (Å²) in [6.45, 7) is 4.23. The van der Waals surface area contributed by atoms with E-state index in [0.29, 0.717) is 0 Å². The summed E-state index contributed by atoms with van der Waals surface area (Å²) in [7, 11) is 1.68. The molecule has 16 heavy (non-hydrogen) atoms. The molecule has 1 heterocycles. The Kier molecular flexibility index (Phi) is 4.28. The first-order valence-corrected chi connectivity index (χ1v) is 6.03. The van der Waals surface area contributed by atoms with Crippen LogP contribution in [0.5, 0.6) is 0 Å². The molecular weight excluding hydrogens is 202 g/mol. The Labute approximate surface area is 97.7 Å². The Morgan fingerprint density at radius 3 is 2.81 bits per heavy atom. The average Bonchev–Trinajstić information content (AvgIpc) is 2.83. The minimum Gasteiger partial charge on any atom is -0.493 e. The lowest BCUT2D eigenvalue weighted by Crippen LogP contribution is -2.24. The normalized spacial score (nSPS) is 21.6. The van der Waals surface area contributed by atoms with Gasteiger partial charge in [-0.2, -0.15) is 0 Å². The van der Waals surface area contributed by atoms with Crippen LogP contribution in [-0.4, -0.2) is 38.3 Å². The summed E-state index contributed by atoms with van der Waals surface area (Å²) >= 11 is 0. The molecule has 0 atom stereocenters. The average molecular weight is 222 g/mol. The molecule has 3 heteroatoms. The highest BCUT2D eigenvalue weighted by atomic mass is 16.5. The van der Waals surface area contributed by atoms with E-state index in [9.17, 15) is 0 Å². The fourth-order valence-corrected chi connectivity index (χ4v) is 2.12. The molecular formula is C13H20NO2. The molecule has 3 nitrogen and oxygen atoms in total. The fraction of sp³-hybridized carbons (Fsp3) is 0.615. The Balaban J connectivity index is 1.72. The fourth-order valence-electron chi connectivity index (χ4n) is 2.12. The van der Waals surface area contributed by atoms with Crippen LogP contribution in [0, 0.1) is 6.42 Å². The van der Waals surface area contributed by atoms with Gasteiger partial charge in [-0.1, -0.05) is 0 Å². The van der Waals surface area contributed by atoms with Gasteiger partial charge in [-0.25, -0.2) is 0 Å². The largest absolute Gasteiger partial charge is 0.493 e. The number of allylic oxidation sites excluding steroid dienone is 2. The zero-order chi connectivity index (χ0) is 11.2. The summed E-state index contributed by atoms with van der Waals surface area (Å²) < 4.78 is 11.0. The highest BCUT2D eigenvalue weighted by Gasteiger charge is 2.13. The molecule has 0 spiro atoms. The Morgan fingerprint density at radius 2 is 2.06 bits per heavy atom. The van der Waals surface area contributed by atoms with E-state index in [0.717, 1.165) is 31.1 Å². The zero-order valence-corrected chi connectivity index (χ0v) is 9.95. The van der Waals surface area contributed by atoms with E-state index in [4.69, 9.17) is 9.47 Å². The molecule has 0 unspecified atom stereocenters. The van der Waals surface area contributed by atoms with Gasteiger partial charge in [0.15, 0.2) is 11.5 Å². The van der Waals surface area contributed by atoms with Crippen LogP contribution in [0.1, 0.15) is 19.3 Å². The van der Waals surface area contributed by atoms with Crippen molar-refractivity contribution in [3.05, 3.63) is 30.1 Å². The molecule has 0 bridgehead atoms. The van der Waals surface area contributed by atoms with E-state index >= 15 is 0 Å². The molecule has 1 aliphatic carbocycles. The lowest BCUT2D eigenvalue weighted by atomic mass is 10.1. The van der Waals surface area contributed by atoms with Crippen molar-refractivity contribution in [3.63, 3.8) is 0 Å². The minimum atomic E-state index is 0.756. The molecule has 1 aliphatic heterocycles. The van der Waals surface area contributed by atoms with Gasteiger partial charge >= 0.3 is 0 Å². The molecule has 1 saturated heterocycles. The molecule has 1 radical (unpaired) electrons. The quantitative estimate of drug-likeness (QED) is 0.711. The number of hydrogen-bond acceptors (Lipinski definition) is 3. The molecule has 2 aliphatic rings. The van der Waals surface area contributed by atoms with Crippen molar-refractivity contribution in [1.82, 2.24) is 4.90 Å². The van der Waals surface area contributed by atoms with E-state index in [1.165, 1.54) is 25.9 Å². The topological polar surface area (TPSA) is 21.7 Å². The lowest BCUT2D eigenvalue weighted by Gasteiger charge is -2.18. The summed E-state index contributed by atoms with van der Waals surface area (Å²) in [4.78, 5) is 2.45. The smallest absolute Gasteiger partial charge is 0.156 e. The van der Waals surface area contributed by atoms with Gasteiger partial charge in [-0.15, -0.1) is 0 Å². The second kappa shape index (κ2) is 5.94. The maximum absolute atomic E-state index is 5.75. The summed E-state index contributed by atoms with van der Waals surface area (Å²) in [5, 5.41) is 0. The van der Waals surface area contributed by atoms with Gasteiger partial charge in [-0.05, 0) is 50.9 Å². The van der Waals surface area contributed by atoms with E-state index in [1.807, 2.05) is 6.08 Å². The number of rotatable bonds is 5. The standard InChI is InChI=1S/C13H20NO2/c1-15-12-6-2-3-7-13(12)16-11-10-14-8-4-5-9-14/h2,6-7H,3-5,8-11H2,1H3. The van der Waals surface area contributed by atoms with E-state index in [2.05, 4.69) is 17.4 Å². The van der Waals surface area contributed by atoms with E-state index < -0.39 is 0 Å². The van der Waals surface area contributed by atoms with Crippen LogP contribution < -0.4 is 0 Å². The predicted octanol–water partition coefficient (Wildman–Crippen LogP) is 2.12. The third-order valence-corrected chi connectivity index (χ3v) is 3.04. The van der Waals surface area contributed by atoms with Crippen molar-refractivity contribution in [2.75, 3.05) is 33.4 Å². The molecule has 2 rings (SSSR count). The zero-order valence-electron chi connectivity index (χ0n) is 9.95. The first kappa shape index (κ1) is 11.5. The Hall–Kier alpha value is -0.960. The maximum atomic E-state index is 5.75. The van der Waals surface area contributed by atoms with Crippen molar-refractivity contribution in [1.29, 1.82) is 0 Å². The number of ether oxygens (including phenoxy) is 2. The van der Waals surface area contributed by atoms with Crippen LogP contribution in [0.3, 0.4) is 0 Å². The van der Waals surface area contributed by atoms with Crippen molar-refractivity contribution >= 4 is 0 Å². The van der Waals surface area contributed by atoms with Gasteiger partial charge in [-0.3, -0.25) is 4.90 Å². The predicted molar refractivity (Wildman–Crippen MR) is 63.7 cm³/mol. The molecule has 0 saturated carbocycles. The van der Waals surface area contributed by atoms with Crippen LogP contribution >= 0.6 is 0 Å². The molecule has 1 fully saturated rings. The second-order valence-corrected chi connectivity index (χ2v) is 4.17. The van der Waals surface area contributed by atoms with Gasteiger partial charge in [0, 0.05) is 6.54 Å². The molecule has 0 amide bonds. The third kappa shape index (κ3) is 3.01. The molecule has 0 aromatic carbocycles. The van der Waals surface area contributed by atoms with Crippen LogP contribution in [0.4, 0.5) is 0 Å².